The van der Waals surface area contributed by atoms with Crippen molar-refractivity contribution in [2.24, 2.45) is 0 Å². The summed E-state index contributed by atoms with van der Waals surface area (Å²) < 4.78 is 6.02. The van der Waals surface area contributed by atoms with Crippen molar-refractivity contribution in [3.05, 3.63) is 47.3 Å². The molecular weight excluding hydrogens is 320 g/mol. The Hall–Kier alpha value is -2.21. The van der Waals surface area contributed by atoms with Gasteiger partial charge in [-0.3, -0.25) is 0 Å². The van der Waals surface area contributed by atoms with E-state index in [1.807, 2.05) is 24.3 Å². The number of rotatable bonds is 3. The van der Waals surface area contributed by atoms with E-state index in [0.29, 0.717) is 5.88 Å². The Kier molecular flexibility index (Phi) is 3.47. The number of fused-ring (bicyclic) bond motifs is 1. The summed E-state index contributed by atoms with van der Waals surface area (Å²) in [5.41, 5.74) is 1.72. The zero-order valence-electron chi connectivity index (χ0n) is 10.7. The van der Waals surface area contributed by atoms with Gasteiger partial charge in [-0.1, -0.05) is 15.9 Å². The number of benzene rings is 1. The Morgan fingerprint density at radius 3 is 2.75 bits per heavy atom. The van der Waals surface area contributed by atoms with Crippen LogP contribution in [0.4, 0.5) is 11.5 Å². The highest BCUT2D eigenvalue weighted by molar-refractivity contribution is 9.10. The molecule has 0 fully saturated rings. The van der Waals surface area contributed by atoms with Crippen LogP contribution in [-0.4, -0.2) is 22.1 Å². The molecule has 1 N–H and O–H groups in total. The van der Waals surface area contributed by atoms with Crippen LogP contribution in [0.15, 0.2) is 47.3 Å². The number of ether oxygens (including phenoxy) is 1. The first-order valence-corrected chi connectivity index (χ1v) is 6.73. The molecule has 0 atom stereocenters. The maximum atomic E-state index is 5.03. The number of hydrogen-bond donors (Lipinski definition) is 1. The molecule has 0 amide bonds. The number of anilines is 2. The second-order valence-corrected chi connectivity index (χ2v) is 5.01. The molecule has 3 aromatic rings. The van der Waals surface area contributed by atoms with Crippen LogP contribution in [0.2, 0.25) is 0 Å². The molecular formula is C14H11BrN4O. The molecule has 0 saturated heterocycles. The van der Waals surface area contributed by atoms with E-state index in [1.54, 1.807) is 19.4 Å². The van der Waals surface area contributed by atoms with E-state index < -0.39 is 0 Å². The van der Waals surface area contributed by atoms with Crippen molar-refractivity contribution in [2.45, 2.75) is 0 Å². The smallest absolute Gasteiger partial charge is 0.213 e. The molecule has 0 radical (unpaired) electrons. The van der Waals surface area contributed by atoms with Crippen molar-refractivity contribution in [3.63, 3.8) is 0 Å². The molecule has 2 heterocycles. The van der Waals surface area contributed by atoms with Crippen molar-refractivity contribution < 1.29 is 4.74 Å². The summed E-state index contributed by atoms with van der Waals surface area (Å²) in [5, 5.41) is 4.18. The first-order valence-electron chi connectivity index (χ1n) is 5.93. The van der Waals surface area contributed by atoms with E-state index in [-0.39, 0.29) is 0 Å². The first-order chi connectivity index (χ1) is 9.76. The van der Waals surface area contributed by atoms with Crippen molar-refractivity contribution in [1.29, 1.82) is 0 Å². The van der Waals surface area contributed by atoms with Gasteiger partial charge in [0.05, 0.1) is 24.5 Å². The lowest BCUT2D eigenvalue weighted by Crippen LogP contribution is -1.97. The van der Waals surface area contributed by atoms with Gasteiger partial charge in [0.1, 0.15) is 12.1 Å². The van der Waals surface area contributed by atoms with Crippen LogP contribution in [0.3, 0.4) is 0 Å². The Morgan fingerprint density at radius 2 is 2.00 bits per heavy atom. The SMILES string of the molecule is COc1ccc(Nc2ncnc3ccc(Br)cc23)cn1. The highest BCUT2D eigenvalue weighted by atomic mass is 79.9. The summed E-state index contributed by atoms with van der Waals surface area (Å²) in [6.45, 7) is 0. The molecule has 1 aromatic carbocycles. The van der Waals surface area contributed by atoms with Gasteiger partial charge in [0.15, 0.2) is 0 Å². The van der Waals surface area contributed by atoms with Crippen LogP contribution in [0.5, 0.6) is 5.88 Å². The summed E-state index contributed by atoms with van der Waals surface area (Å²) in [6.07, 6.45) is 3.24. The fraction of sp³-hybridized carbons (Fsp3) is 0.0714. The van der Waals surface area contributed by atoms with Crippen LogP contribution in [0, 0.1) is 0 Å². The number of hydrogen-bond acceptors (Lipinski definition) is 5. The van der Waals surface area contributed by atoms with Crippen molar-refractivity contribution >= 4 is 38.3 Å². The second-order valence-electron chi connectivity index (χ2n) is 4.10. The van der Waals surface area contributed by atoms with E-state index in [2.05, 4.69) is 36.2 Å². The maximum Gasteiger partial charge on any atom is 0.213 e. The van der Waals surface area contributed by atoms with Gasteiger partial charge < -0.3 is 10.1 Å². The Bertz CT molecular complexity index is 746. The maximum absolute atomic E-state index is 5.03. The van der Waals surface area contributed by atoms with Crippen LogP contribution < -0.4 is 10.1 Å². The van der Waals surface area contributed by atoms with Gasteiger partial charge in [0.25, 0.3) is 0 Å². The van der Waals surface area contributed by atoms with E-state index in [9.17, 15) is 0 Å². The zero-order chi connectivity index (χ0) is 13.9. The minimum absolute atomic E-state index is 0.575. The molecule has 6 heteroatoms. The third-order valence-corrected chi connectivity index (χ3v) is 3.30. The van der Waals surface area contributed by atoms with Gasteiger partial charge in [-0.05, 0) is 24.3 Å². The summed E-state index contributed by atoms with van der Waals surface area (Å²) >= 11 is 3.46. The average Bonchev–Trinajstić information content (AvgIpc) is 2.49. The molecule has 100 valence electrons. The molecule has 3 rings (SSSR count). The summed E-state index contributed by atoms with van der Waals surface area (Å²) in [5.74, 6) is 1.31. The predicted molar refractivity (Wildman–Crippen MR) is 81.3 cm³/mol. The fourth-order valence-electron chi connectivity index (χ4n) is 1.84. The van der Waals surface area contributed by atoms with Gasteiger partial charge in [0.2, 0.25) is 5.88 Å². The number of pyridine rings is 1. The first kappa shape index (κ1) is 12.8. The van der Waals surface area contributed by atoms with Gasteiger partial charge in [-0.25, -0.2) is 15.0 Å². The molecule has 0 saturated carbocycles. The Labute approximate surface area is 124 Å². The van der Waals surface area contributed by atoms with Gasteiger partial charge in [-0.2, -0.15) is 0 Å². The molecule has 20 heavy (non-hydrogen) atoms. The molecule has 0 bridgehead atoms. The average molecular weight is 331 g/mol. The van der Waals surface area contributed by atoms with E-state index in [0.717, 1.165) is 26.9 Å². The molecule has 0 unspecified atom stereocenters. The third-order valence-electron chi connectivity index (χ3n) is 2.81. The normalized spacial score (nSPS) is 10.5. The molecule has 0 aliphatic rings. The molecule has 0 spiro atoms. The van der Waals surface area contributed by atoms with Crippen LogP contribution in [0.25, 0.3) is 10.9 Å². The molecule has 0 aliphatic heterocycles. The minimum Gasteiger partial charge on any atom is -0.481 e. The zero-order valence-corrected chi connectivity index (χ0v) is 12.3. The highest BCUT2D eigenvalue weighted by Gasteiger charge is 2.05. The lowest BCUT2D eigenvalue weighted by Gasteiger charge is -2.08. The lowest BCUT2D eigenvalue weighted by atomic mass is 10.2. The molecule has 5 nitrogen and oxygen atoms in total. The van der Waals surface area contributed by atoms with Crippen molar-refractivity contribution in [3.8, 4) is 5.88 Å². The number of methoxy groups -OCH3 is 1. The topological polar surface area (TPSA) is 59.9 Å². The van der Waals surface area contributed by atoms with Crippen LogP contribution in [0.1, 0.15) is 0 Å². The fourth-order valence-corrected chi connectivity index (χ4v) is 2.20. The standard InChI is InChI=1S/C14H11BrN4O/c1-20-13-5-3-10(7-16-13)19-14-11-6-9(15)2-4-12(11)17-8-18-14/h2-8H,1H3,(H,17,18,19). The van der Waals surface area contributed by atoms with Crippen LogP contribution >= 0.6 is 15.9 Å². The monoisotopic (exact) mass is 330 g/mol. The summed E-state index contributed by atoms with van der Waals surface area (Å²) in [4.78, 5) is 12.7. The Balaban J connectivity index is 1.99. The minimum atomic E-state index is 0.575. The van der Waals surface area contributed by atoms with E-state index in [1.165, 1.54) is 6.33 Å². The van der Waals surface area contributed by atoms with E-state index >= 15 is 0 Å². The lowest BCUT2D eigenvalue weighted by molar-refractivity contribution is 0.398. The largest absolute Gasteiger partial charge is 0.481 e. The third kappa shape index (κ3) is 2.55. The summed E-state index contributed by atoms with van der Waals surface area (Å²) in [7, 11) is 1.59. The highest BCUT2D eigenvalue weighted by Crippen LogP contribution is 2.25. The predicted octanol–water partition coefficient (Wildman–Crippen LogP) is 3.54. The van der Waals surface area contributed by atoms with Crippen molar-refractivity contribution in [1.82, 2.24) is 15.0 Å². The quantitative estimate of drug-likeness (QED) is 0.795. The molecule has 2 aromatic heterocycles. The van der Waals surface area contributed by atoms with Crippen molar-refractivity contribution in [2.75, 3.05) is 12.4 Å². The second kappa shape index (κ2) is 5.42. The number of nitrogens with one attached hydrogen (secondary N) is 1. The Morgan fingerprint density at radius 1 is 1.10 bits per heavy atom. The number of aromatic nitrogens is 3. The summed E-state index contributed by atoms with van der Waals surface area (Å²) in [6, 6.07) is 9.56. The van der Waals surface area contributed by atoms with Crippen LogP contribution in [-0.2, 0) is 0 Å². The molecule has 0 aliphatic carbocycles. The number of nitrogens with zero attached hydrogens (tertiary/aromatic N) is 3. The van der Waals surface area contributed by atoms with Gasteiger partial charge in [0, 0.05) is 15.9 Å². The van der Waals surface area contributed by atoms with E-state index in [4.69, 9.17) is 4.74 Å². The van der Waals surface area contributed by atoms with Gasteiger partial charge in [-0.15, -0.1) is 0 Å². The van der Waals surface area contributed by atoms with Gasteiger partial charge >= 0.3 is 0 Å². The number of halogens is 1.